The van der Waals surface area contributed by atoms with Crippen molar-refractivity contribution in [2.24, 2.45) is 5.92 Å². The normalized spacial score (nSPS) is 22.0. The number of nitrogens with zero attached hydrogens (tertiary/aromatic N) is 2. The molecule has 142 valence electrons. The van der Waals surface area contributed by atoms with Gasteiger partial charge in [-0.1, -0.05) is 12.1 Å². The molecule has 0 radical (unpaired) electrons. The zero-order valence-electron chi connectivity index (χ0n) is 15.4. The van der Waals surface area contributed by atoms with Crippen LogP contribution in [0.1, 0.15) is 41.6 Å². The molecule has 27 heavy (non-hydrogen) atoms. The Morgan fingerprint density at radius 2 is 1.85 bits per heavy atom. The molecular formula is C22H25FN2O2. The first kappa shape index (κ1) is 18.1. The Kier molecular flexibility index (Phi) is 5.21. The van der Waals surface area contributed by atoms with E-state index < -0.39 is 0 Å². The molecule has 2 aliphatic heterocycles. The van der Waals surface area contributed by atoms with E-state index in [2.05, 4.69) is 4.98 Å². The number of likely N-dealkylation sites (tertiary alicyclic amines) is 1. The predicted molar refractivity (Wildman–Crippen MR) is 101 cm³/mol. The van der Waals surface area contributed by atoms with E-state index in [0.717, 1.165) is 51.8 Å². The maximum atomic E-state index is 13.1. The molecule has 0 saturated carbocycles. The second kappa shape index (κ2) is 7.77. The highest BCUT2D eigenvalue weighted by molar-refractivity contribution is 5.94. The average molecular weight is 368 g/mol. The van der Waals surface area contributed by atoms with E-state index in [1.807, 2.05) is 17.0 Å². The van der Waals surface area contributed by atoms with E-state index in [4.69, 9.17) is 4.74 Å². The fourth-order valence-electron chi connectivity index (χ4n) is 4.40. The third kappa shape index (κ3) is 4.19. The standard InChI is InChI=1S/C22H25FN2O2/c23-20-3-1-17(2-4-20)15-18-7-14-27-22(16-18)8-12-25(13-9-22)21(26)19-5-10-24-11-6-19/h1-6,10-11,18H,7-9,12-16H2. The van der Waals surface area contributed by atoms with Gasteiger partial charge in [-0.3, -0.25) is 9.78 Å². The number of pyridine rings is 1. The molecule has 2 fully saturated rings. The van der Waals surface area contributed by atoms with Crippen LogP contribution in [0.25, 0.3) is 0 Å². The number of carbonyl (C=O) groups excluding carboxylic acids is 1. The highest BCUT2D eigenvalue weighted by Crippen LogP contribution is 2.39. The second-order valence-electron chi connectivity index (χ2n) is 7.75. The number of halogens is 1. The van der Waals surface area contributed by atoms with Crippen molar-refractivity contribution in [3.63, 3.8) is 0 Å². The fraction of sp³-hybridized carbons (Fsp3) is 0.455. The Morgan fingerprint density at radius 3 is 2.56 bits per heavy atom. The molecule has 2 saturated heterocycles. The lowest BCUT2D eigenvalue weighted by Gasteiger charge is -2.46. The predicted octanol–water partition coefficient (Wildman–Crippen LogP) is 3.86. The van der Waals surface area contributed by atoms with Gasteiger partial charge in [0.15, 0.2) is 0 Å². The molecule has 1 unspecified atom stereocenters. The number of rotatable bonds is 3. The molecular weight excluding hydrogens is 343 g/mol. The number of hydrogen-bond donors (Lipinski definition) is 0. The van der Waals surface area contributed by atoms with Crippen molar-refractivity contribution in [2.75, 3.05) is 19.7 Å². The van der Waals surface area contributed by atoms with E-state index in [9.17, 15) is 9.18 Å². The lowest BCUT2D eigenvalue weighted by Crippen LogP contribution is -2.51. The summed E-state index contributed by atoms with van der Waals surface area (Å²) in [5, 5.41) is 0. The zero-order chi connectivity index (χ0) is 18.7. The summed E-state index contributed by atoms with van der Waals surface area (Å²) in [5.41, 5.74) is 1.77. The number of carbonyl (C=O) groups is 1. The van der Waals surface area contributed by atoms with Gasteiger partial charge in [-0.2, -0.15) is 0 Å². The van der Waals surface area contributed by atoms with Crippen LogP contribution in [0, 0.1) is 11.7 Å². The van der Waals surface area contributed by atoms with E-state index in [0.29, 0.717) is 11.5 Å². The van der Waals surface area contributed by atoms with Gasteiger partial charge in [0.2, 0.25) is 0 Å². The number of piperidine rings is 1. The summed E-state index contributed by atoms with van der Waals surface area (Å²) in [6, 6.07) is 10.4. The fourth-order valence-corrected chi connectivity index (χ4v) is 4.40. The molecule has 1 amide bonds. The number of amides is 1. The SMILES string of the molecule is O=C(c1ccncc1)N1CCC2(CC1)CC(Cc1ccc(F)cc1)CCO2. The van der Waals surface area contributed by atoms with E-state index in [-0.39, 0.29) is 17.3 Å². The van der Waals surface area contributed by atoms with Gasteiger partial charge in [0.05, 0.1) is 5.60 Å². The van der Waals surface area contributed by atoms with E-state index in [1.54, 1.807) is 24.5 Å². The molecule has 0 N–H and O–H groups in total. The first-order valence-electron chi connectivity index (χ1n) is 9.71. The van der Waals surface area contributed by atoms with Crippen molar-refractivity contribution in [1.82, 2.24) is 9.88 Å². The second-order valence-corrected chi connectivity index (χ2v) is 7.75. The number of hydrogen-bond acceptors (Lipinski definition) is 3. The quantitative estimate of drug-likeness (QED) is 0.826. The largest absolute Gasteiger partial charge is 0.375 e. The maximum absolute atomic E-state index is 13.1. The summed E-state index contributed by atoms with van der Waals surface area (Å²) in [4.78, 5) is 18.5. The number of aromatic nitrogens is 1. The van der Waals surface area contributed by atoms with E-state index >= 15 is 0 Å². The third-order valence-electron chi connectivity index (χ3n) is 5.92. The average Bonchev–Trinajstić information content (AvgIpc) is 2.71. The highest BCUT2D eigenvalue weighted by atomic mass is 19.1. The molecule has 2 aromatic rings. The smallest absolute Gasteiger partial charge is 0.253 e. The minimum absolute atomic E-state index is 0.0749. The van der Waals surface area contributed by atoms with Gasteiger partial charge < -0.3 is 9.64 Å². The van der Waals surface area contributed by atoms with Crippen LogP contribution in [-0.4, -0.2) is 41.1 Å². The molecule has 3 heterocycles. The first-order chi connectivity index (χ1) is 13.1. The number of ether oxygens (including phenoxy) is 1. The van der Waals surface area contributed by atoms with Crippen LogP contribution in [0.15, 0.2) is 48.8 Å². The van der Waals surface area contributed by atoms with Gasteiger partial charge in [-0.25, -0.2) is 4.39 Å². The first-order valence-corrected chi connectivity index (χ1v) is 9.71. The van der Waals surface area contributed by atoms with Crippen molar-refractivity contribution < 1.29 is 13.9 Å². The van der Waals surface area contributed by atoms with Crippen LogP contribution < -0.4 is 0 Å². The Balaban J connectivity index is 1.35. The summed E-state index contributed by atoms with van der Waals surface area (Å²) in [5.74, 6) is 0.436. The molecule has 2 aliphatic rings. The lowest BCUT2D eigenvalue weighted by atomic mass is 9.77. The molecule has 5 heteroatoms. The van der Waals surface area contributed by atoms with Crippen LogP contribution in [0.2, 0.25) is 0 Å². The molecule has 1 aromatic heterocycles. The Bertz CT molecular complexity index is 771. The summed E-state index contributed by atoms with van der Waals surface area (Å²) < 4.78 is 19.3. The minimum Gasteiger partial charge on any atom is -0.375 e. The molecule has 4 rings (SSSR count). The van der Waals surface area contributed by atoms with Crippen LogP contribution in [0.5, 0.6) is 0 Å². The molecule has 1 spiro atoms. The molecule has 4 nitrogen and oxygen atoms in total. The van der Waals surface area contributed by atoms with Crippen LogP contribution >= 0.6 is 0 Å². The zero-order valence-corrected chi connectivity index (χ0v) is 15.4. The van der Waals surface area contributed by atoms with Gasteiger partial charge in [0, 0.05) is 37.7 Å². The molecule has 1 aromatic carbocycles. The third-order valence-corrected chi connectivity index (χ3v) is 5.92. The summed E-state index contributed by atoms with van der Waals surface area (Å²) in [6.07, 6.45) is 8.09. The minimum atomic E-state index is -0.187. The molecule has 0 aliphatic carbocycles. The highest BCUT2D eigenvalue weighted by Gasteiger charge is 2.41. The van der Waals surface area contributed by atoms with Gasteiger partial charge >= 0.3 is 0 Å². The maximum Gasteiger partial charge on any atom is 0.253 e. The molecule has 1 atom stereocenters. The monoisotopic (exact) mass is 368 g/mol. The van der Waals surface area contributed by atoms with Crippen molar-refractivity contribution in [3.05, 3.63) is 65.7 Å². The van der Waals surface area contributed by atoms with Crippen LogP contribution in [-0.2, 0) is 11.2 Å². The summed E-state index contributed by atoms with van der Waals surface area (Å²) in [7, 11) is 0. The van der Waals surface area contributed by atoms with Gasteiger partial charge in [0.25, 0.3) is 5.91 Å². The van der Waals surface area contributed by atoms with Crippen molar-refractivity contribution in [3.8, 4) is 0 Å². The van der Waals surface area contributed by atoms with Gasteiger partial charge in [0.1, 0.15) is 5.82 Å². The summed E-state index contributed by atoms with van der Waals surface area (Å²) >= 11 is 0. The van der Waals surface area contributed by atoms with Crippen LogP contribution in [0.3, 0.4) is 0 Å². The molecule has 0 bridgehead atoms. The van der Waals surface area contributed by atoms with Crippen molar-refractivity contribution >= 4 is 5.91 Å². The van der Waals surface area contributed by atoms with Crippen molar-refractivity contribution in [2.45, 2.75) is 37.7 Å². The Hall–Kier alpha value is -2.27. The van der Waals surface area contributed by atoms with E-state index in [1.165, 1.54) is 17.7 Å². The Morgan fingerprint density at radius 1 is 1.15 bits per heavy atom. The number of benzene rings is 1. The van der Waals surface area contributed by atoms with Gasteiger partial charge in [-0.05, 0) is 67.9 Å². The Labute approximate surface area is 159 Å². The lowest BCUT2D eigenvalue weighted by molar-refractivity contribution is -0.123. The van der Waals surface area contributed by atoms with Crippen LogP contribution in [0.4, 0.5) is 4.39 Å². The topological polar surface area (TPSA) is 42.4 Å². The van der Waals surface area contributed by atoms with Crippen molar-refractivity contribution in [1.29, 1.82) is 0 Å². The van der Waals surface area contributed by atoms with Gasteiger partial charge in [-0.15, -0.1) is 0 Å². The summed E-state index contributed by atoms with van der Waals surface area (Å²) in [6.45, 7) is 2.22.